The van der Waals surface area contributed by atoms with Gasteiger partial charge in [-0.2, -0.15) is 0 Å². The lowest BCUT2D eigenvalue weighted by atomic mass is 10.2. The number of halogens is 2. The predicted octanol–water partition coefficient (Wildman–Crippen LogP) is 2.75. The Balaban J connectivity index is 2.09. The van der Waals surface area contributed by atoms with Gasteiger partial charge in [0.1, 0.15) is 29.7 Å². The second-order valence-corrected chi connectivity index (χ2v) is 3.53. The number of rotatable bonds is 4. The Morgan fingerprint density at radius 1 is 1.17 bits per heavy atom. The first-order valence-electron chi connectivity index (χ1n) is 5.17. The highest BCUT2D eigenvalue weighted by atomic mass is 19.1. The third kappa shape index (κ3) is 2.68. The molecule has 18 heavy (non-hydrogen) atoms. The van der Waals surface area contributed by atoms with E-state index in [1.807, 2.05) is 0 Å². The fraction of sp³-hybridized carbons (Fsp3) is 0.0769. The first-order valence-corrected chi connectivity index (χ1v) is 5.17. The van der Waals surface area contributed by atoms with Crippen LogP contribution in [0.4, 0.5) is 8.78 Å². The van der Waals surface area contributed by atoms with Crippen LogP contribution in [0.3, 0.4) is 0 Å². The van der Waals surface area contributed by atoms with Gasteiger partial charge in [-0.3, -0.25) is 4.79 Å². The van der Waals surface area contributed by atoms with Crippen molar-refractivity contribution in [2.75, 3.05) is 0 Å². The minimum Gasteiger partial charge on any atom is -0.487 e. The van der Waals surface area contributed by atoms with Crippen LogP contribution in [0.2, 0.25) is 0 Å². The number of ether oxygens (including phenoxy) is 1. The Bertz CT molecular complexity index is 535. The maximum atomic E-state index is 13.3. The number of nitrogens with zero attached hydrogens (tertiary/aromatic N) is 1. The number of hydrogen-bond acceptors (Lipinski definition) is 3. The van der Waals surface area contributed by atoms with Gasteiger partial charge in [-0.15, -0.1) is 0 Å². The zero-order chi connectivity index (χ0) is 13.0. The maximum Gasteiger partial charge on any atom is 0.168 e. The van der Waals surface area contributed by atoms with Crippen LogP contribution >= 0.6 is 0 Å². The van der Waals surface area contributed by atoms with Crippen LogP contribution in [0.15, 0.2) is 36.5 Å². The predicted molar refractivity (Wildman–Crippen MR) is 60.3 cm³/mol. The van der Waals surface area contributed by atoms with Gasteiger partial charge in [0.2, 0.25) is 0 Å². The number of carbonyl (C=O) groups is 1. The first-order chi connectivity index (χ1) is 8.70. The molecule has 0 aliphatic rings. The number of pyridine rings is 1. The number of carbonyl (C=O) groups excluding carboxylic acids is 1. The Morgan fingerprint density at radius 3 is 2.44 bits per heavy atom. The molecule has 0 saturated heterocycles. The lowest BCUT2D eigenvalue weighted by Gasteiger charge is -2.07. The van der Waals surface area contributed by atoms with Crippen molar-refractivity contribution in [2.45, 2.75) is 6.61 Å². The standard InChI is InChI=1S/C13H9F2NO2/c14-12-2-1-3-13(15)11(12)8-18-10-5-4-9(7-17)16-6-10/h1-7H,8H2. The molecule has 2 aromatic rings. The molecule has 0 unspecified atom stereocenters. The van der Waals surface area contributed by atoms with Gasteiger partial charge in [0.25, 0.3) is 0 Å². The fourth-order valence-corrected chi connectivity index (χ4v) is 1.37. The molecule has 0 saturated carbocycles. The van der Waals surface area contributed by atoms with Crippen LogP contribution in [0, 0.1) is 11.6 Å². The monoisotopic (exact) mass is 249 g/mol. The summed E-state index contributed by atoms with van der Waals surface area (Å²) in [5, 5.41) is 0. The van der Waals surface area contributed by atoms with Crippen molar-refractivity contribution >= 4 is 6.29 Å². The van der Waals surface area contributed by atoms with Crippen LogP contribution in [0.25, 0.3) is 0 Å². The van der Waals surface area contributed by atoms with E-state index in [0.29, 0.717) is 12.0 Å². The summed E-state index contributed by atoms with van der Waals surface area (Å²) in [7, 11) is 0. The molecule has 0 amide bonds. The summed E-state index contributed by atoms with van der Waals surface area (Å²) in [4.78, 5) is 14.2. The van der Waals surface area contributed by atoms with Gasteiger partial charge in [-0.25, -0.2) is 13.8 Å². The molecule has 92 valence electrons. The summed E-state index contributed by atoms with van der Waals surface area (Å²) in [6, 6.07) is 6.58. The van der Waals surface area contributed by atoms with E-state index in [1.54, 1.807) is 0 Å². The van der Waals surface area contributed by atoms with Crippen LogP contribution in [0.5, 0.6) is 5.75 Å². The molecular weight excluding hydrogens is 240 g/mol. The van der Waals surface area contributed by atoms with E-state index in [-0.39, 0.29) is 17.9 Å². The Kier molecular flexibility index (Phi) is 3.62. The highest BCUT2D eigenvalue weighted by Crippen LogP contribution is 2.16. The molecule has 1 heterocycles. The molecule has 0 bridgehead atoms. The summed E-state index contributed by atoms with van der Waals surface area (Å²) in [6.07, 6.45) is 1.92. The first kappa shape index (κ1) is 12.2. The number of aldehydes is 1. The Morgan fingerprint density at radius 2 is 1.89 bits per heavy atom. The van der Waals surface area contributed by atoms with Crippen LogP contribution in [0.1, 0.15) is 16.1 Å². The van der Waals surface area contributed by atoms with E-state index in [4.69, 9.17) is 4.74 Å². The van der Waals surface area contributed by atoms with Crippen molar-refractivity contribution in [3.05, 3.63) is 59.4 Å². The lowest BCUT2D eigenvalue weighted by Crippen LogP contribution is -2.02. The maximum absolute atomic E-state index is 13.3. The number of aromatic nitrogens is 1. The molecule has 2 rings (SSSR count). The third-order valence-electron chi connectivity index (χ3n) is 2.32. The highest BCUT2D eigenvalue weighted by molar-refractivity contribution is 5.71. The summed E-state index contributed by atoms with van der Waals surface area (Å²) < 4.78 is 31.8. The lowest BCUT2D eigenvalue weighted by molar-refractivity contribution is 0.111. The van der Waals surface area contributed by atoms with Gasteiger partial charge >= 0.3 is 0 Å². The van der Waals surface area contributed by atoms with Gasteiger partial charge in [-0.05, 0) is 24.3 Å². The molecular formula is C13H9F2NO2. The number of benzene rings is 1. The van der Waals surface area contributed by atoms with Gasteiger partial charge in [0.15, 0.2) is 6.29 Å². The van der Waals surface area contributed by atoms with Crippen LogP contribution in [-0.2, 0) is 6.61 Å². The molecule has 0 atom stereocenters. The second kappa shape index (κ2) is 5.35. The molecule has 5 heteroatoms. The summed E-state index contributed by atoms with van der Waals surface area (Å²) in [5.41, 5.74) is 0.122. The van der Waals surface area contributed by atoms with Crippen LogP contribution < -0.4 is 4.74 Å². The summed E-state index contributed by atoms with van der Waals surface area (Å²) >= 11 is 0. The Labute approximate surface area is 102 Å². The average Bonchev–Trinajstić information content (AvgIpc) is 2.39. The molecule has 0 N–H and O–H groups in total. The molecule has 0 spiro atoms. The molecule has 0 aliphatic heterocycles. The van der Waals surface area contributed by atoms with E-state index in [0.717, 1.165) is 12.1 Å². The van der Waals surface area contributed by atoms with Crippen molar-refractivity contribution in [1.29, 1.82) is 0 Å². The molecule has 0 radical (unpaired) electrons. The van der Waals surface area contributed by atoms with Crippen molar-refractivity contribution in [3.63, 3.8) is 0 Å². The minimum absolute atomic E-state index is 0.142. The largest absolute Gasteiger partial charge is 0.487 e. The van der Waals surface area contributed by atoms with E-state index < -0.39 is 11.6 Å². The van der Waals surface area contributed by atoms with Crippen molar-refractivity contribution in [1.82, 2.24) is 4.98 Å². The number of hydrogen-bond donors (Lipinski definition) is 0. The Hall–Kier alpha value is -2.30. The average molecular weight is 249 g/mol. The minimum atomic E-state index is -0.660. The molecule has 0 aliphatic carbocycles. The van der Waals surface area contributed by atoms with Gasteiger partial charge < -0.3 is 4.74 Å². The van der Waals surface area contributed by atoms with Crippen molar-refractivity contribution in [3.8, 4) is 5.75 Å². The van der Waals surface area contributed by atoms with Gasteiger partial charge in [0, 0.05) is 0 Å². The molecule has 1 aromatic heterocycles. The topological polar surface area (TPSA) is 39.2 Å². The fourth-order valence-electron chi connectivity index (χ4n) is 1.37. The van der Waals surface area contributed by atoms with E-state index in [1.165, 1.54) is 24.4 Å². The molecule has 0 fully saturated rings. The summed E-state index contributed by atoms with van der Waals surface area (Å²) in [5.74, 6) is -0.983. The molecule has 1 aromatic carbocycles. The van der Waals surface area contributed by atoms with Gasteiger partial charge in [-0.1, -0.05) is 6.07 Å². The van der Waals surface area contributed by atoms with Gasteiger partial charge in [0.05, 0.1) is 11.8 Å². The zero-order valence-corrected chi connectivity index (χ0v) is 9.27. The normalized spacial score (nSPS) is 10.1. The third-order valence-corrected chi connectivity index (χ3v) is 2.32. The zero-order valence-electron chi connectivity index (χ0n) is 9.27. The quantitative estimate of drug-likeness (QED) is 0.782. The smallest absolute Gasteiger partial charge is 0.168 e. The van der Waals surface area contributed by atoms with E-state index in [2.05, 4.69) is 4.98 Å². The van der Waals surface area contributed by atoms with E-state index >= 15 is 0 Å². The highest BCUT2D eigenvalue weighted by Gasteiger charge is 2.08. The second-order valence-electron chi connectivity index (χ2n) is 3.53. The summed E-state index contributed by atoms with van der Waals surface area (Å²) in [6.45, 7) is -0.235. The van der Waals surface area contributed by atoms with E-state index in [9.17, 15) is 13.6 Å². The SMILES string of the molecule is O=Cc1ccc(OCc2c(F)cccc2F)cn1. The van der Waals surface area contributed by atoms with Crippen molar-refractivity contribution in [2.24, 2.45) is 0 Å². The van der Waals surface area contributed by atoms with Crippen LogP contribution in [-0.4, -0.2) is 11.3 Å². The van der Waals surface area contributed by atoms with Crippen molar-refractivity contribution < 1.29 is 18.3 Å². The molecule has 3 nitrogen and oxygen atoms in total.